The fourth-order valence-corrected chi connectivity index (χ4v) is 2.58. The summed E-state index contributed by atoms with van der Waals surface area (Å²) in [6.45, 7) is 0.651. The molecule has 16 heavy (non-hydrogen) atoms. The summed E-state index contributed by atoms with van der Waals surface area (Å²) in [6, 6.07) is -0.175. The van der Waals surface area contributed by atoms with Crippen molar-refractivity contribution < 1.29 is 9.90 Å². The zero-order chi connectivity index (χ0) is 12.0. The third-order valence-corrected chi connectivity index (χ3v) is 3.77. The van der Waals surface area contributed by atoms with Crippen LogP contribution in [0.1, 0.15) is 12.8 Å². The van der Waals surface area contributed by atoms with Crippen molar-refractivity contribution >= 4 is 23.9 Å². The van der Waals surface area contributed by atoms with Crippen LogP contribution in [0.3, 0.4) is 0 Å². The molecule has 0 aliphatic heterocycles. The molecule has 92 valence electrons. The summed E-state index contributed by atoms with van der Waals surface area (Å²) in [5, 5.41) is 18.7. The SMILES string of the molecule is N=CCNC1CC1CCSC[C@H](N)C(=O)O. The third-order valence-electron chi connectivity index (χ3n) is 2.65. The van der Waals surface area contributed by atoms with Gasteiger partial charge in [0.15, 0.2) is 0 Å². The van der Waals surface area contributed by atoms with Gasteiger partial charge in [0.25, 0.3) is 0 Å². The number of carboxylic acid groups (broad SMARTS) is 1. The number of carboxylic acids is 1. The van der Waals surface area contributed by atoms with Crippen LogP contribution in [0.5, 0.6) is 0 Å². The molecule has 6 heteroatoms. The standard InChI is InChI=1S/C10H19N3O2S/c11-2-3-13-9-5-7(9)1-4-16-6-8(12)10(14)15/h2,7-9,11,13H,1,3-6,12H2,(H,14,15)/t7?,8-,9?/m0/s1. The molecule has 5 nitrogen and oxygen atoms in total. The van der Waals surface area contributed by atoms with Crippen molar-refractivity contribution in [3.8, 4) is 0 Å². The second-order valence-corrected chi connectivity index (χ2v) is 5.17. The van der Waals surface area contributed by atoms with Gasteiger partial charge < -0.3 is 21.6 Å². The minimum absolute atomic E-state index is 0.487. The van der Waals surface area contributed by atoms with Crippen molar-refractivity contribution in [3.05, 3.63) is 0 Å². The molecule has 3 atom stereocenters. The molecule has 1 aliphatic carbocycles. The molecule has 0 radical (unpaired) electrons. The lowest BCUT2D eigenvalue weighted by molar-refractivity contribution is -0.137. The second kappa shape index (κ2) is 6.88. The Morgan fingerprint density at radius 1 is 1.75 bits per heavy atom. The summed E-state index contributed by atoms with van der Waals surface area (Å²) >= 11 is 1.61. The van der Waals surface area contributed by atoms with Gasteiger partial charge in [0.05, 0.1) is 0 Å². The molecule has 1 saturated carbocycles. The van der Waals surface area contributed by atoms with Gasteiger partial charge >= 0.3 is 5.97 Å². The minimum atomic E-state index is -0.926. The normalized spacial score (nSPS) is 25.1. The number of aliphatic carboxylic acids is 1. The van der Waals surface area contributed by atoms with E-state index in [1.54, 1.807) is 11.8 Å². The lowest BCUT2D eigenvalue weighted by Crippen LogP contribution is -2.32. The Balaban J connectivity index is 1.93. The van der Waals surface area contributed by atoms with Crippen LogP contribution in [0, 0.1) is 11.3 Å². The van der Waals surface area contributed by atoms with Gasteiger partial charge in [-0.2, -0.15) is 11.8 Å². The zero-order valence-electron chi connectivity index (χ0n) is 9.19. The van der Waals surface area contributed by atoms with Crippen molar-refractivity contribution in [2.24, 2.45) is 11.7 Å². The van der Waals surface area contributed by atoms with E-state index in [1.165, 1.54) is 12.6 Å². The highest BCUT2D eigenvalue weighted by atomic mass is 32.2. The molecule has 0 heterocycles. The maximum atomic E-state index is 10.4. The Hall–Kier alpha value is -0.590. The van der Waals surface area contributed by atoms with E-state index in [2.05, 4.69) is 5.32 Å². The molecule has 0 saturated heterocycles. The van der Waals surface area contributed by atoms with Crippen LogP contribution in [-0.2, 0) is 4.79 Å². The average molecular weight is 245 g/mol. The van der Waals surface area contributed by atoms with Crippen LogP contribution in [0.2, 0.25) is 0 Å². The first-order valence-corrected chi connectivity index (χ1v) is 6.59. The van der Waals surface area contributed by atoms with Crippen LogP contribution in [0.4, 0.5) is 0 Å². The number of nitrogens with two attached hydrogens (primary N) is 1. The molecule has 5 N–H and O–H groups in total. The number of hydrogen-bond donors (Lipinski definition) is 4. The van der Waals surface area contributed by atoms with E-state index in [0.29, 0.717) is 24.3 Å². The molecular formula is C10H19N3O2S. The number of nitrogens with one attached hydrogen (secondary N) is 2. The monoisotopic (exact) mass is 245 g/mol. The summed E-state index contributed by atoms with van der Waals surface area (Å²) in [6.07, 6.45) is 3.65. The summed E-state index contributed by atoms with van der Waals surface area (Å²) in [5.74, 6) is 1.23. The van der Waals surface area contributed by atoms with E-state index in [4.69, 9.17) is 16.2 Å². The summed E-state index contributed by atoms with van der Waals surface area (Å²) < 4.78 is 0. The highest BCUT2D eigenvalue weighted by molar-refractivity contribution is 7.99. The second-order valence-electron chi connectivity index (χ2n) is 4.02. The zero-order valence-corrected chi connectivity index (χ0v) is 10.0. The number of hydrogen-bond acceptors (Lipinski definition) is 5. The van der Waals surface area contributed by atoms with Crippen LogP contribution in [0.25, 0.3) is 0 Å². The Kier molecular flexibility index (Phi) is 5.79. The Labute approximate surface area is 99.7 Å². The van der Waals surface area contributed by atoms with Gasteiger partial charge in [-0.15, -0.1) is 0 Å². The number of rotatable bonds is 9. The molecule has 0 amide bonds. The summed E-state index contributed by atoms with van der Waals surface area (Å²) in [5.41, 5.74) is 5.38. The minimum Gasteiger partial charge on any atom is -0.480 e. The lowest BCUT2D eigenvalue weighted by atomic mass is 10.3. The molecule has 2 unspecified atom stereocenters. The first kappa shape index (κ1) is 13.5. The van der Waals surface area contributed by atoms with Gasteiger partial charge in [0.2, 0.25) is 0 Å². The number of carbonyl (C=O) groups is 1. The highest BCUT2D eigenvalue weighted by Gasteiger charge is 2.35. The van der Waals surface area contributed by atoms with E-state index in [0.717, 1.165) is 12.2 Å². The van der Waals surface area contributed by atoms with Gasteiger partial charge in [-0.3, -0.25) is 4.79 Å². The van der Waals surface area contributed by atoms with Gasteiger partial charge in [0.1, 0.15) is 6.04 Å². The van der Waals surface area contributed by atoms with Gasteiger partial charge in [-0.1, -0.05) is 0 Å². The van der Waals surface area contributed by atoms with Gasteiger partial charge in [0, 0.05) is 24.6 Å². The maximum absolute atomic E-state index is 10.4. The van der Waals surface area contributed by atoms with Crippen molar-refractivity contribution in [2.75, 3.05) is 18.1 Å². The van der Waals surface area contributed by atoms with E-state index in [-0.39, 0.29) is 0 Å². The molecule has 0 aromatic heterocycles. The smallest absolute Gasteiger partial charge is 0.321 e. The van der Waals surface area contributed by atoms with Crippen LogP contribution in [0.15, 0.2) is 0 Å². The predicted molar refractivity (Wildman–Crippen MR) is 66.2 cm³/mol. The fraction of sp³-hybridized carbons (Fsp3) is 0.800. The Morgan fingerprint density at radius 3 is 3.12 bits per heavy atom. The van der Waals surface area contributed by atoms with E-state index in [9.17, 15) is 4.79 Å². The molecule has 1 rings (SSSR count). The average Bonchev–Trinajstić information content (AvgIpc) is 2.99. The molecule has 1 aliphatic rings. The molecule has 0 spiro atoms. The van der Waals surface area contributed by atoms with Crippen molar-refractivity contribution in [1.82, 2.24) is 5.32 Å². The lowest BCUT2D eigenvalue weighted by Gasteiger charge is -2.05. The number of thioether (sulfide) groups is 1. The molecular weight excluding hydrogens is 226 g/mol. The molecule has 0 aromatic carbocycles. The van der Waals surface area contributed by atoms with Crippen LogP contribution >= 0.6 is 11.8 Å². The Bertz CT molecular complexity index is 250. The molecule has 0 aromatic rings. The van der Waals surface area contributed by atoms with Crippen molar-refractivity contribution in [1.29, 1.82) is 5.41 Å². The maximum Gasteiger partial charge on any atom is 0.321 e. The van der Waals surface area contributed by atoms with E-state index in [1.807, 2.05) is 0 Å². The quantitative estimate of drug-likeness (QED) is 0.342. The molecule has 0 bridgehead atoms. The largest absolute Gasteiger partial charge is 0.480 e. The summed E-state index contributed by atoms with van der Waals surface area (Å²) in [7, 11) is 0. The first-order chi connectivity index (χ1) is 7.65. The summed E-state index contributed by atoms with van der Waals surface area (Å²) in [4.78, 5) is 10.4. The topological polar surface area (TPSA) is 99.2 Å². The van der Waals surface area contributed by atoms with Crippen LogP contribution < -0.4 is 11.1 Å². The van der Waals surface area contributed by atoms with E-state index < -0.39 is 12.0 Å². The van der Waals surface area contributed by atoms with Gasteiger partial charge in [-0.05, 0) is 24.5 Å². The third kappa shape index (κ3) is 4.96. The highest BCUT2D eigenvalue weighted by Crippen LogP contribution is 2.34. The first-order valence-electron chi connectivity index (χ1n) is 5.43. The van der Waals surface area contributed by atoms with E-state index >= 15 is 0 Å². The van der Waals surface area contributed by atoms with Crippen LogP contribution in [-0.4, -0.2) is 47.4 Å². The predicted octanol–water partition coefficient (Wildman–Crippen LogP) is 0.149. The molecule has 1 fully saturated rings. The fourth-order valence-electron chi connectivity index (χ4n) is 1.54. The van der Waals surface area contributed by atoms with Crippen molar-refractivity contribution in [3.63, 3.8) is 0 Å². The Morgan fingerprint density at radius 2 is 2.50 bits per heavy atom. The van der Waals surface area contributed by atoms with Gasteiger partial charge in [-0.25, -0.2) is 0 Å². The van der Waals surface area contributed by atoms with Crippen molar-refractivity contribution in [2.45, 2.75) is 24.9 Å².